The second kappa shape index (κ2) is 6.26. The average Bonchev–Trinajstić information content (AvgIpc) is 3.38. The standard InChI is InChI=1S/C20H25FN4OS/c1-10-16(11-4-5-11)18(20(2)9-15(26)25(3)19(23)24-20)27-17(10)12-6-7-13(21)14(22)8-12/h6-8,11,16,18H,4-5,9,22H2,1-3H3,(H2,23,24)/t16?,18?,20-/m0/s1. The van der Waals surface area contributed by atoms with Gasteiger partial charge in [0.05, 0.1) is 17.6 Å². The van der Waals surface area contributed by atoms with Crippen molar-refractivity contribution in [3.05, 3.63) is 35.2 Å². The van der Waals surface area contributed by atoms with Crippen molar-refractivity contribution in [1.29, 1.82) is 5.41 Å². The molecule has 1 saturated heterocycles. The van der Waals surface area contributed by atoms with Crippen molar-refractivity contribution in [2.75, 3.05) is 12.8 Å². The summed E-state index contributed by atoms with van der Waals surface area (Å²) >= 11 is 1.75. The lowest BCUT2D eigenvalue weighted by atomic mass is 9.78. The van der Waals surface area contributed by atoms with Gasteiger partial charge in [0.15, 0.2) is 5.96 Å². The number of hydrogen-bond donors (Lipinski definition) is 3. The first-order valence-electron chi connectivity index (χ1n) is 9.27. The van der Waals surface area contributed by atoms with E-state index < -0.39 is 11.4 Å². The lowest BCUT2D eigenvalue weighted by Crippen LogP contribution is -2.64. The molecule has 144 valence electrons. The van der Waals surface area contributed by atoms with E-state index in [0.29, 0.717) is 18.3 Å². The van der Waals surface area contributed by atoms with Crippen LogP contribution < -0.4 is 11.1 Å². The fourth-order valence-corrected chi connectivity index (χ4v) is 6.18. The van der Waals surface area contributed by atoms with Crippen molar-refractivity contribution in [3.8, 4) is 0 Å². The van der Waals surface area contributed by atoms with Gasteiger partial charge in [-0.1, -0.05) is 11.6 Å². The van der Waals surface area contributed by atoms with Crippen LogP contribution in [0.25, 0.3) is 4.91 Å². The van der Waals surface area contributed by atoms with Crippen molar-refractivity contribution in [1.82, 2.24) is 10.2 Å². The first-order valence-corrected chi connectivity index (χ1v) is 10.2. The summed E-state index contributed by atoms with van der Waals surface area (Å²) in [5, 5.41) is 11.6. The maximum atomic E-state index is 13.6. The fraction of sp³-hybridized carbons (Fsp3) is 0.500. The maximum absolute atomic E-state index is 13.6. The Morgan fingerprint density at radius 3 is 2.70 bits per heavy atom. The number of carbonyl (C=O) groups excluding carboxylic acids is 1. The Hall–Kier alpha value is -2.02. The Morgan fingerprint density at radius 1 is 1.41 bits per heavy atom. The van der Waals surface area contributed by atoms with Crippen molar-refractivity contribution in [2.45, 2.75) is 43.9 Å². The van der Waals surface area contributed by atoms with Gasteiger partial charge in [-0.25, -0.2) is 4.39 Å². The van der Waals surface area contributed by atoms with Gasteiger partial charge in [0.1, 0.15) is 5.82 Å². The predicted molar refractivity (Wildman–Crippen MR) is 108 cm³/mol. The quantitative estimate of drug-likeness (QED) is 0.693. The zero-order valence-electron chi connectivity index (χ0n) is 15.8. The first kappa shape index (κ1) is 18.3. The van der Waals surface area contributed by atoms with E-state index in [1.54, 1.807) is 30.9 Å². The molecule has 5 nitrogen and oxygen atoms in total. The third-order valence-corrected chi connectivity index (χ3v) is 7.94. The molecule has 2 fully saturated rings. The van der Waals surface area contributed by atoms with Crippen molar-refractivity contribution in [3.63, 3.8) is 0 Å². The summed E-state index contributed by atoms with van der Waals surface area (Å²) in [6, 6.07) is 4.90. The minimum absolute atomic E-state index is 0.0338. The molecule has 0 bridgehead atoms. The number of rotatable bonds is 3. The van der Waals surface area contributed by atoms with Gasteiger partial charge in [0.25, 0.3) is 0 Å². The molecular formula is C20H25FN4OS. The van der Waals surface area contributed by atoms with Crippen LogP contribution in [0.1, 0.15) is 38.7 Å². The monoisotopic (exact) mass is 388 g/mol. The molecule has 4 rings (SSSR count). The van der Waals surface area contributed by atoms with Crippen molar-refractivity contribution in [2.24, 2.45) is 11.8 Å². The number of amides is 1. The van der Waals surface area contributed by atoms with E-state index in [9.17, 15) is 9.18 Å². The first-order chi connectivity index (χ1) is 12.7. The molecule has 7 heteroatoms. The largest absolute Gasteiger partial charge is 0.396 e. The van der Waals surface area contributed by atoms with Gasteiger partial charge in [0.2, 0.25) is 5.91 Å². The molecule has 4 N–H and O–H groups in total. The van der Waals surface area contributed by atoms with E-state index in [1.807, 2.05) is 0 Å². The second-order valence-electron chi connectivity index (χ2n) is 8.17. The third kappa shape index (κ3) is 3.02. The van der Waals surface area contributed by atoms with Crippen LogP contribution in [-0.4, -0.2) is 34.6 Å². The van der Waals surface area contributed by atoms with Gasteiger partial charge in [-0.15, -0.1) is 11.8 Å². The minimum Gasteiger partial charge on any atom is -0.396 e. The van der Waals surface area contributed by atoms with Crippen LogP contribution in [0.4, 0.5) is 10.1 Å². The highest BCUT2D eigenvalue weighted by Gasteiger charge is 2.53. The molecule has 1 saturated carbocycles. The summed E-state index contributed by atoms with van der Waals surface area (Å²) in [6.45, 7) is 4.20. The number of benzene rings is 1. The van der Waals surface area contributed by atoms with Gasteiger partial charge in [-0.05, 0) is 56.2 Å². The third-order valence-electron chi connectivity index (χ3n) is 6.08. The molecular weight excluding hydrogens is 363 g/mol. The normalized spacial score (nSPS) is 31.5. The summed E-state index contributed by atoms with van der Waals surface area (Å²) in [7, 11) is 1.63. The van der Waals surface area contributed by atoms with Gasteiger partial charge >= 0.3 is 0 Å². The Bertz CT molecular complexity index is 846. The van der Waals surface area contributed by atoms with E-state index in [0.717, 1.165) is 10.5 Å². The molecule has 1 aliphatic carbocycles. The molecule has 2 heterocycles. The molecule has 2 unspecified atom stereocenters. The summed E-state index contributed by atoms with van der Waals surface area (Å²) in [5.41, 5.74) is 7.68. The van der Waals surface area contributed by atoms with Gasteiger partial charge in [0, 0.05) is 17.2 Å². The maximum Gasteiger partial charge on any atom is 0.231 e. The lowest BCUT2D eigenvalue weighted by Gasteiger charge is -2.45. The van der Waals surface area contributed by atoms with Gasteiger partial charge in [-0.3, -0.25) is 15.1 Å². The molecule has 1 amide bonds. The van der Waals surface area contributed by atoms with E-state index >= 15 is 0 Å². The second-order valence-corrected chi connectivity index (χ2v) is 9.32. The summed E-state index contributed by atoms with van der Waals surface area (Å²) in [4.78, 5) is 14.9. The van der Waals surface area contributed by atoms with E-state index in [1.165, 1.54) is 29.4 Å². The Balaban J connectivity index is 1.70. The highest BCUT2D eigenvalue weighted by atomic mass is 32.2. The number of hydrogen-bond acceptors (Lipinski definition) is 4. The minimum atomic E-state index is -0.493. The fourth-order valence-electron chi connectivity index (χ4n) is 4.36. The zero-order chi connectivity index (χ0) is 19.5. The molecule has 3 aliphatic rings. The van der Waals surface area contributed by atoms with E-state index in [4.69, 9.17) is 11.1 Å². The van der Waals surface area contributed by atoms with Crippen LogP contribution in [0.15, 0.2) is 23.8 Å². The van der Waals surface area contributed by atoms with Gasteiger partial charge in [-0.2, -0.15) is 0 Å². The number of guanidine groups is 1. The highest BCUT2D eigenvalue weighted by molar-refractivity contribution is 8.09. The molecule has 0 radical (unpaired) electrons. The highest BCUT2D eigenvalue weighted by Crippen LogP contribution is 2.58. The molecule has 3 atom stereocenters. The van der Waals surface area contributed by atoms with Crippen LogP contribution >= 0.6 is 11.8 Å². The Labute approximate surface area is 163 Å². The predicted octanol–water partition coefficient (Wildman–Crippen LogP) is 3.43. The van der Waals surface area contributed by atoms with Crippen LogP contribution in [0.5, 0.6) is 0 Å². The average molecular weight is 389 g/mol. The van der Waals surface area contributed by atoms with Crippen molar-refractivity contribution < 1.29 is 9.18 Å². The van der Waals surface area contributed by atoms with Crippen molar-refractivity contribution >= 4 is 34.2 Å². The SMILES string of the molecule is CC1=C(c2ccc(F)c(N)c2)SC([C@]2(C)CC(=O)N(C)C(=N)N2)C1C1CC1. The molecule has 1 aromatic carbocycles. The number of nitrogens with one attached hydrogen (secondary N) is 2. The smallest absolute Gasteiger partial charge is 0.231 e. The summed E-state index contributed by atoms with van der Waals surface area (Å²) in [6.07, 6.45) is 2.75. The molecule has 27 heavy (non-hydrogen) atoms. The van der Waals surface area contributed by atoms with Gasteiger partial charge < -0.3 is 11.1 Å². The number of anilines is 1. The molecule has 2 aliphatic heterocycles. The number of nitrogen functional groups attached to an aromatic ring is 1. The number of allylic oxidation sites excluding steroid dienone is 1. The topological polar surface area (TPSA) is 82.2 Å². The van der Waals surface area contributed by atoms with Crippen LogP contribution in [0.2, 0.25) is 0 Å². The lowest BCUT2D eigenvalue weighted by molar-refractivity contribution is -0.129. The number of thioether (sulfide) groups is 1. The number of nitrogens with zero attached hydrogens (tertiary/aromatic N) is 1. The summed E-state index contributed by atoms with van der Waals surface area (Å²) < 4.78 is 13.6. The van der Waals surface area contributed by atoms with Crippen LogP contribution in [0, 0.1) is 23.1 Å². The van der Waals surface area contributed by atoms with Crippen LogP contribution in [0.3, 0.4) is 0 Å². The Morgan fingerprint density at radius 2 is 2.11 bits per heavy atom. The molecule has 0 spiro atoms. The zero-order valence-corrected chi connectivity index (χ0v) is 16.6. The molecule has 1 aromatic rings. The number of carbonyl (C=O) groups is 1. The molecule has 0 aromatic heterocycles. The number of nitrogens with two attached hydrogens (primary N) is 1. The Kier molecular flexibility index (Phi) is 4.25. The van der Waals surface area contributed by atoms with E-state index in [-0.39, 0.29) is 22.8 Å². The number of halogens is 1. The summed E-state index contributed by atoms with van der Waals surface area (Å²) in [5.74, 6) is 0.672. The van der Waals surface area contributed by atoms with E-state index in [2.05, 4.69) is 19.2 Å². The van der Waals surface area contributed by atoms with Crippen LogP contribution in [-0.2, 0) is 4.79 Å².